The van der Waals surface area contributed by atoms with Crippen LogP contribution in [0.2, 0.25) is 0 Å². The van der Waals surface area contributed by atoms with Crippen LogP contribution in [0.3, 0.4) is 0 Å². The number of nitrogens with one attached hydrogen (secondary N) is 2. The summed E-state index contributed by atoms with van der Waals surface area (Å²) in [4.78, 5) is 38.5. The second kappa shape index (κ2) is 11.7. The molecule has 3 heterocycles. The molecule has 2 fully saturated rings. The molecule has 2 saturated heterocycles. The van der Waals surface area contributed by atoms with Crippen molar-refractivity contribution in [2.45, 2.75) is 31.8 Å². The van der Waals surface area contributed by atoms with Gasteiger partial charge in [0.2, 0.25) is 17.7 Å². The average molecular weight is 521 g/mol. The molecule has 1 unspecified atom stereocenters. The van der Waals surface area contributed by atoms with E-state index in [0.717, 1.165) is 55.1 Å². The molecule has 3 aromatic rings. The van der Waals surface area contributed by atoms with Crippen molar-refractivity contribution in [2.24, 2.45) is 0 Å². The summed E-state index contributed by atoms with van der Waals surface area (Å²) >= 11 is 0. The van der Waals surface area contributed by atoms with Gasteiger partial charge in [0.05, 0.1) is 19.6 Å². The molecule has 0 bridgehead atoms. The van der Waals surface area contributed by atoms with Crippen LogP contribution in [0.15, 0.2) is 48.7 Å². The Balaban J connectivity index is 1.11. The van der Waals surface area contributed by atoms with E-state index in [2.05, 4.69) is 15.5 Å². The highest BCUT2D eigenvalue weighted by atomic mass is 16.5. The van der Waals surface area contributed by atoms with Gasteiger partial charge in [0.1, 0.15) is 18.4 Å². The molecular formula is C28H32N4O6. The van der Waals surface area contributed by atoms with Crippen LogP contribution >= 0.6 is 0 Å². The lowest BCUT2D eigenvalue weighted by Crippen LogP contribution is -2.41. The van der Waals surface area contributed by atoms with Gasteiger partial charge in [0.15, 0.2) is 5.88 Å². The number of nitrogens with zero attached hydrogens (tertiary/aromatic N) is 2. The fraction of sp³-hybridized carbons (Fsp3) is 0.393. The highest BCUT2D eigenvalue weighted by Gasteiger charge is 2.30. The summed E-state index contributed by atoms with van der Waals surface area (Å²) in [6.45, 7) is 5.22. The van der Waals surface area contributed by atoms with E-state index in [-0.39, 0.29) is 30.5 Å². The number of amides is 3. The number of fused-ring (bicyclic) bond motifs is 1. The summed E-state index contributed by atoms with van der Waals surface area (Å²) < 4.78 is 12.7. The Hall–Kier alpha value is -3.89. The van der Waals surface area contributed by atoms with Crippen molar-refractivity contribution in [3.63, 3.8) is 0 Å². The molecule has 0 radical (unpaired) electrons. The predicted molar refractivity (Wildman–Crippen MR) is 140 cm³/mol. The highest BCUT2D eigenvalue weighted by Crippen LogP contribution is 2.33. The summed E-state index contributed by atoms with van der Waals surface area (Å²) in [6.07, 6.45) is 2.53. The van der Waals surface area contributed by atoms with Gasteiger partial charge in [-0.25, -0.2) is 0 Å². The number of ether oxygens (including phenoxy) is 2. The monoisotopic (exact) mass is 520 g/mol. The first-order valence-electron chi connectivity index (χ1n) is 12.9. The lowest BCUT2D eigenvalue weighted by atomic mass is 10.1. The molecule has 1 atom stereocenters. The first kappa shape index (κ1) is 25.7. The summed E-state index contributed by atoms with van der Waals surface area (Å²) in [5.74, 6) is -0.0574. The van der Waals surface area contributed by atoms with Gasteiger partial charge in [-0.15, -0.1) is 0 Å². The van der Waals surface area contributed by atoms with Crippen molar-refractivity contribution in [3.05, 3.63) is 59.8 Å². The molecule has 1 aromatic heterocycles. The van der Waals surface area contributed by atoms with Gasteiger partial charge in [-0.1, -0.05) is 18.2 Å². The minimum atomic E-state index is -0.634. The molecule has 0 aliphatic carbocycles. The van der Waals surface area contributed by atoms with Crippen LogP contribution in [0.1, 0.15) is 30.0 Å². The number of benzene rings is 2. The van der Waals surface area contributed by atoms with Gasteiger partial charge < -0.3 is 24.5 Å². The van der Waals surface area contributed by atoms with E-state index < -0.39 is 11.9 Å². The van der Waals surface area contributed by atoms with Crippen LogP contribution in [0.4, 0.5) is 0 Å². The summed E-state index contributed by atoms with van der Waals surface area (Å²) in [5, 5.41) is 17.3. The molecule has 200 valence electrons. The fourth-order valence-corrected chi connectivity index (χ4v) is 4.84. The van der Waals surface area contributed by atoms with Crippen molar-refractivity contribution in [2.75, 3.05) is 39.5 Å². The van der Waals surface area contributed by atoms with Crippen LogP contribution in [-0.4, -0.2) is 71.7 Å². The third kappa shape index (κ3) is 6.15. The number of hydrogen-bond donors (Lipinski definition) is 3. The van der Waals surface area contributed by atoms with Crippen LogP contribution < -0.4 is 15.4 Å². The first-order chi connectivity index (χ1) is 18.5. The molecule has 3 amide bonds. The Labute approximate surface area is 220 Å². The van der Waals surface area contributed by atoms with Crippen LogP contribution in [-0.2, 0) is 32.1 Å². The standard InChI is InChI=1S/C28H32N4O6/c33-25-8-7-24(27(35)30-25)32-18-21-15-20(3-6-23(21)28(32)36)17-29-26(34)16-19-1-4-22(5-2-19)38-14-11-31-9-12-37-13-10-31/h1-6,15,18,24,36H,7-14,16-17H2,(H,29,34)(H,30,33,35). The Kier molecular flexibility index (Phi) is 7.90. The zero-order chi connectivity index (χ0) is 26.5. The van der Waals surface area contributed by atoms with Gasteiger partial charge in [0.25, 0.3) is 0 Å². The van der Waals surface area contributed by atoms with E-state index in [1.807, 2.05) is 36.4 Å². The largest absolute Gasteiger partial charge is 0.494 e. The Morgan fingerprint density at radius 2 is 1.87 bits per heavy atom. The third-order valence-electron chi connectivity index (χ3n) is 6.98. The minimum Gasteiger partial charge on any atom is -0.494 e. The first-order valence-corrected chi connectivity index (χ1v) is 12.9. The van der Waals surface area contributed by atoms with E-state index in [9.17, 15) is 19.5 Å². The van der Waals surface area contributed by atoms with Gasteiger partial charge in [0, 0.05) is 49.6 Å². The summed E-state index contributed by atoms with van der Waals surface area (Å²) in [6, 6.07) is 12.4. The van der Waals surface area contributed by atoms with Crippen molar-refractivity contribution in [3.8, 4) is 11.6 Å². The van der Waals surface area contributed by atoms with Crippen molar-refractivity contribution < 1.29 is 29.0 Å². The third-order valence-corrected chi connectivity index (χ3v) is 6.98. The number of hydrogen-bond acceptors (Lipinski definition) is 7. The maximum Gasteiger partial charge on any atom is 0.249 e. The number of rotatable bonds is 9. The fourth-order valence-electron chi connectivity index (χ4n) is 4.84. The molecule has 38 heavy (non-hydrogen) atoms. The topological polar surface area (TPSA) is 122 Å². The van der Waals surface area contributed by atoms with Crippen LogP contribution in [0.5, 0.6) is 11.6 Å². The Bertz CT molecular complexity index is 1310. The number of carbonyl (C=O) groups excluding carboxylic acids is 3. The molecule has 10 heteroatoms. The van der Waals surface area contributed by atoms with E-state index >= 15 is 0 Å². The summed E-state index contributed by atoms with van der Waals surface area (Å²) in [7, 11) is 0. The molecule has 2 aromatic carbocycles. The number of aromatic hydroxyl groups is 1. The minimum absolute atomic E-state index is 0.0152. The second-order valence-corrected chi connectivity index (χ2v) is 9.65. The van der Waals surface area contributed by atoms with Crippen molar-refractivity contribution >= 4 is 28.5 Å². The number of imide groups is 1. The molecule has 5 rings (SSSR count). The maximum absolute atomic E-state index is 12.5. The second-order valence-electron chi connectivity index (χ2n) is 9.65. The van der Waals surface area contributed by atoms with Gasteiger partial charge in [-0.2, -0.15) is 0 Å². The van der Waals surface area contributed by atoms with E-state index in [1.54, 1.807) is 12.3 Å². The Morgan fingerprint density at radius 3 is 2.63 bits per heavy atom. The van der Waals surface area contributed by atoms with Crippen LogP contribution in [0, 0.1) is 0 Å². The maximum atomic E-state index is 12.5. The smallest absolute Gasteiger partial charge is 0.249 e. The molecule has 0 saturated carbocycles. The van der Waals surface area contributed by atoms with Gasteiger partial charge in [-0.05, 0) is 41.8 Å². The van der Waals surface area contributed by atoms with Gasteiger partial charge >= 0.3 is 0 Å². The number of morpholine rings is 1. The van der Waals surface area contributed by atoms with Crippen molar-refractivity contribution in [1.29, 1.82) is 0 Å². The molecule has 2 aliphatic rings. The predicted octanol–water partition coefficient (Wildman–Crippen LogP) is 1.89. The molecule has 0 spiro atoms. The highest BCUT2D eigenvalue weighted by molar-refractivity contribution is 6.00. The van der Waals surface area contributed by atoms with E-state index in [1.165, 1.54) is 4.57 Å². The average Bonchev–Trinajstić information content (AvgIpc) is 3.24. The number of piperidine rings is 1. The zero-order valence-electron chi connectivity index (χ0n) is 21.2. The molecular weight excluding hydrogens is 488 g/mol. The zero-order valence-corrected chi connectivity index (χ0v) is 21.2. The van der Waals surface area contributed by atoms with Gasteiger partial charge in [-0.3, -0.25) is 24.6 Å². The summed E-state index contributed by atoms with van der Waals surface area (Å²) in [5.41, 5.74) is 1.76. The number of carbonyl (C=O) groups is 3. The number of aromatic nitrogens is 1. The molecule has 3 N–H and O–H groups in total. The van der Waals surface area contributed by atoms with E-state index in [0.29, 0.717) is 25.0 Å². The van der Waals surface area contributed by atoms with E-state index in [4.69, 9.17) is 9.47 Å². The van der Waals surface area contributed by atoms with Crippen molar-refractivity contribution in [1.82, 2.24) is 20.1 Å². The lowest BCUT2D eigenvalue weighted by molar-refractivity contribution is -0.135. The quantitative estimate of drug-likeness (QED) is 0.369. The van der Waals surface area contributed by atoms with Crippen LogP contribution in [0.25, 0.3) is 10.8 Å². The normalized spacial score (nSPS) is 18.4. The lowest BCUT2D eigenvalue weighted by Gasteiger charge is -2.26. The molecule has 10 nitrogen and oxygen atoms in total. The SMILES string of the molecule is O=C(Cc1ccc(OCCN2CCOCC2)cc1)NCc1ccc2c(O)n(C3CCC(=O)NC3=O)cc2c1. The Morgan fingerprint density at radius 1 is 1.11 bits per heavy atom. The molecule has 2 aliphatic heterocycles.